The lowest BCUT2D eigenvalue weighted by Gasteiger charge is -2.49. The third-order valence-corrected chi connectivity index (χ3v) is 7.04. The molecule has 1 saturated heterocycles. The van der Waals surface area contributed by atoms with Crippen LogP contribution in [0.15, 0.2) is 42.5 Å². The normalized spacial score (nSPS) is 25.8. The van der Waals surface area contributed by atoms with Gasteiger partial charge in [-0.25, -0.2) is 0 Å². The van der Waals surface area contributed by atoms with Crippen molar-refractivity contribution in [2.24, 2.45) is 5.92 Å². The first-order chi connectivity index (χ1) is 13.9. The monoisotopic (exact) mass is 430 g/mol. The van der Waals surface area contributed by atoms with Crippen molar-refractivity contribution in [3.8, 4) is 0 Å². The Morgan fingerprint density at radius 1 is 1.07 bits per heavy atom. The second-order valence-electron chi connectivity index (χ2n) is 7.95. The number of rotatable bonds is 4. The van der Waals surface area contributed by atoms with E-state index in [-0.39, 0.29) is 36.1 Å². The molecule has 29 heavy (non-hydrogen) atoms. The molecule has 3 atom stereocenters. The third-order valence-electron chi connectivity index (χ3n) is 6.57. The molecule has 2 N–H and O–H groups in total. The number of piperidine rings is 1. The van der Waals surface area contributed by atoms with Gasteiger partial charge in [0, 0.05) is 28.1 Å². The van der Waals surface area contributed by atoms with Crippen molar-refractivity contribution in [2.45, 2.75) is 50.5 Å². The lowest BCUT2D eigenvalue weighted by Crippen LogP contribution is -2.64. The molecule has 2 aromatic rings. The molecule has 2 amide bonds. The van der Waals surface area contributed by atoms with E-state index in [2.05, 4.69) is 24.5 Å². The fraction of sp³-hybridized carbons (Fsp3) is 0.391. The van der Waals surface area contributed by atoms with E-state index >= 15 is 0 Å². The van der Waals surface area contributed by atoms with Crippen LogP contribution in [0.2, 0.25) is 10.0 Å². The van der Waals surface area contributed by atoms with E-state index in [1.54, 1.807) is 12.1 Å². The predicted molar refractivity (Wildman–Crippen MR) is 117 cm³/mol. The number of hydrogen-bond acceptors (Lipinski definition) is 2. The molecule has 0 bridgehead atoms. The smallest absolute Gasteiger partial charge is 0.237 e. The second-order valence-corrected chi connectivity index (χ2v) is 8.82. The zero-order valence-corrected chi connectivity index (χ0v) is 18.0. The molecule has 2 aromatic carbocycles. The molecule has 2 aliphatic heterocycles. The Bertz CT molecular complexity index is 973. The summed E-state index contributed by atoms with van der Waals surface area (Å²) in [6.07, 6.45) is 1.95. The molecule has 1 fully saturated rings. The largest absolute Gasteiger partial charge is 0.352 e. The van der Waals surface area contributed by atoms with E-state index in [1.165, 1.54) is 0 Å². The molecule has 1 spiro atoms. The van der Waals surface area contributed by atoms with Crippen LogP contribution >= 0.6 is 23.2 Å². The van der Waals surface area contributed by atoms with E-state index in [1.807, 2.05) is 30.3 Å². The predicted octanol–water partition coefficient (Wildman–Crippen LogP) is 5.29. The van der Waals surface area contributed by atoms with E-state index in [0.717, 1.165) is 29.7 Å². The fourth-order valence-electron chi connectivity index (χ4n) is 5.25. The van der Waals surface area contributed by atoms with Gasteiger partial charge in [-0.1, -0.05) is 68.1 Å². The molecule has 6 heteroatoms. The van der Waals surface area contributed by atoms with Crippen LogP contribution in [-0.4, -0.2) is 17.9 Å². The zero-order chi connectivity index (χ0) is 20.8. The summed E-state index contributed by atoms with van der Waals surface area (Å²) >= 11 is 12.5. The topological polar surface area (TPSA) is 58.2 Å². The summed E-state index contributed by atoms with van der Waals surface area (Å²) in [7, 11) is 0. The van der Waals surface area contributed by atoms with Gasteiger partial charge < -0.3 is 10.6 Å². The van der Waals surface area contributed by atoms with E-state index < -0.39 is 5.41 Å². The van der Waals surface area contributed by atoms with Crippen LogP contribution in [0.4, 0.5) is 5.69 Å². The van der Waals surface area contributed by atoms with Crippen LogP contribution in [0.25, 0.3) is 0 Å². The first-order valence-corrected chi connectivity index (χ1v) is 10.8. The first-order valence-electron chi connectivity index (χ1n) is 10.1. The molecule has 2 aliphatic rings. The van der Waals surface area contributed by atoms with Crippen LogP contribution < -0.4 is 10.6 Å². The highest BCUT2D eigenvalue weighted by Crippen LogP contribution is 2.55. The highest BCUT2D eigenvalue weighted by molar-refractivity contribution is 6.31. The van der Waals surface area contributed by atoms with Crippen LogP contribution in [0, 0.1) is 5.92 Å². The number of halogens is 2. The van der Waals surface area contributed by atoms with Crippen LogP contribution in [0.1, 0.15) is 50.2 Å². The standard InChI is InChI=1S/C23H24Cl2N2O2/c1-3-13(4-2)21-23(17-9-8-16(25)11-19(17)26-22(23)29)18(12-20(28)27-21)14-6-5-7-15(24)10-14/h5-11,13,18,21H,3-4,12H2,1-2H3,(H,26,29)(H,27,28)/t18-,21+,23-/m0/s1. The summed E-state index contributed by atoms with van der Waals surface area (Å²) in [6, 6.07) is 12.7. The first kappa shape index (κ1) is 20.2. The number of fused-ring (bicyclic) bond motifs is 2. The van der Waals surface area contributed by atoms with Gasteiger partial charge in [0.2, 0.25) is 11.8 Å². The molecule has 4 rings (SSSR count). The minimum Gasteiger partial charge on any atom is -0.352 e. The van der Waals surface area contributed by atoms with Crippen LogP contribution in [0.5, 0.6) is 0 Å². The van der Waals surface area contributed by atoms with E-state index in [9.17, 15) is 9.59 Å². The maximum Gasteiger partial charge on any atom is 0.237 e. The Labute approximate surface area is 181 Å². The lowest BCUT2D eigenvalue weighted by molar-refractivity contribution is -0.132. The number of amides is 2. The molecule has 0 saturated carbocycles. The lowest BCUT2D eigenvalue weighted by atomic mass is 9.57. The summed E-state index contributed by atoms with van der Waals surface area (Å²) in [5.74, 6) is -0.277. The van der Waals surface area contributed by atoms with Gasteiger partial charge in [0.15, 0.2) is 0 Å². The van der Waals surface area contributed by atoms with Crippen LogP contribution in [0.3, 0.4) is 0 Å². The SMILES string of the molecule is CCC(CC)[C@H]1NC(=O)C[C@@H](c2cccc(Cl)c2)[C@]12C(=O)Nc1cc(Cl)ccc12. The molecule has 4 nitrogen and oxygen atoms in total. The van der Waals surface area contributed by atoms with Gasteiger partial charge >= 0.3 is 0 Å². The number of carbonyl (C=O) groups is 2. The highest BCUT2D eigenvalue weighted by atomic mass is 35.5. The van der Waals surface area contributed by atoms with Gasteiger partial charge in [0.05, 0.1) is 6.04 Å². The second kappa shape index (κ2) is 7.66. The number of hydrogen-bond donors (Lipinski definition) is 2. The number of nitrogens with one attached hydrogen (secondary N) is 2. The molecular formula is C23H24Cl2N2O2. The molecule has 2 heterocycles. The van der Waals surface area contributed by atoms with Crippen molar-refractivity contribution in [2.75, 3.05) is 5.32 Å². The Kier molecular flexibility index (Phi) is 5.34. The average molecular weight is 431 g/mol. The number of benzene rings is 2. The van der Waals surface area contributed by atoms with Gasteiger partial charge in [-0.05, 0) is 41.3 Å². The molecule has 0 aromatic heterocycles. The Morgan fingerprint density at radius 3 is 2.48 bits per heavy atom. The molecular weight excluding hydrogens is 407 g/mol. The van der Waals surface area contributed by atoms with Crippen molar-refractivity contribution in [1.82, 2.24) is 5.32 Å². The highest BCUT2D eigenvalue weighted by Gasteiger charge is 2.61. The van der Waals surface area contributed by atoms with Crippen molar-refractivity contribution < 1.29 is 9.59 Å². The summed E-state index contributed by atoms with van der Waals surface area (Å²) in [5.41, 5.74) is 1.62. The van der Waals surface area contributed by atoms with Gasteiger partial charge in [-0.3, -0.25) is 9.59 Å². The van der Waals surface area contributed by atoms with Crippen molar-refractivity contribution in [3.05, 3.63) is 63.6 Å². The quantitative estimate of drug-likeness (QED) is 0.691. The fourth-order valence-corrected chi connectivity index (χ4v) is 5.62. The van der Waals surface area contributed by atoms with E-state index in [4.69, 9.17) is 23.2 Å². The maximum atomic E-state index is 13.7. The molecule has 0 radical (unpaired) electrons. The average Bonchev–Trinajstić information content (AvgIpc) is 2.96. The zero-order valence-electron chi connectivity index (χ0n) is 16.5. The van der Waals surface area contributed by atoms with Crippen molar-refractivity contribution in [3.63, 3.8) is 0 Å². The molecule has 152 valence electrons. The summed E-state index contributed by atoms with van der Waals surface area (Å²) in [4.78, 5) is 26.5. The maximum absolute atomic E-state index is 13.7. The molecule has 0 unspecified atom stereocenters. The number of carbonyl (C=O) groups excluding carboxylic acids is 2. The molecule has 0 aliphatic carbocycles. The third kappa shape index (κ3) is 3.13. The summed E-state index contributed by atoms with van der Waals surface area (Å²) in [5, 5.41) is 7.40. The van der Waals surface area contributed by atoms with Crippen molar-refractivity contribution in [1.29, 1.82) is 0 Å². The number of anilines is 1. The summed E-state index contributed by atoms with van der Waals surface area (Å²) < 4.78 is 0. The summed E-state index contributed by atoms with van der Waals surface area (Å²) in [6.45, 7) is 4.21. The Hall–Kier alpha value is -2.04. The van der Waals surface area contributed by atoms with Gasteiger partial charge in [-0.15, -0.1) is 0 Å². The van der Waals surface area contributed by atoms with Crippen LogP contribution in [-0.2, 0) is 15.0 Å². The minimum atomic E-state index is -0.908. The van der Waals surface area contributed by atoms with Crippen molar-refractivity contribution >= 4 is 40.7 Å². The van der Waals surface area contributed by atoms with Gasteiger partial charge in [0.1, 0.15) is 5.41 Å². The Morgan fingerprint density at radius 2 is 1.79 bits per heavy atom. The van der Waals surface area contributed by atoms with Gasteiger partial charge in [-0.2, -0.15) is 0 Å². The Balaban J connectivity index is 2.00. The van der Waals surface area contributed by atoms with Gasteiger partial charge in [0.25, 0.3) is 0 Å². The minimum absolute atomic E-state index is 0.0345. The van der Waals surface area contributed by atoms with E-state index in [0.29, 0.717) is 10.0 Å².